The maximum absolute atomic E-state index is 13.7. The third-order valence-corrected chi connectivity index (χ3v) is 5.78. The lowest BCUT2D eigenvalue weighted by atomic mass is 9.73. The van der Waals surface area contributed by atoms with Gasteiger partial charge in [-0.25, -0.2) is 0 Å². The highest BCUT2D eigenvalue weighted by Crippen LogP contribution is 2.51. The molecule has 0 N–H and O–H groups in total. The van der Waals surface area contributed by atoms with Gasteiger partial charge in [0.05, 0.1) is 12.0 Å². The third-order valence-electron chi connectivity index (χ3n) is 5.78. The van der Waals surface area contributed by atoms with Gasteiger partial charge in [0.1, 0.15) is 11.9 Å². The quantitative estimate of drug-likeness (QED) is 0.800. The first-order chi connectivity index (χ1) is 13.0. The van der Waals surface area contributed by atoms with Crippen LogP contribution in [0.1, 0.15) is 37.8 Å². The number of para-hydroxylation sites is 1. The summed E-state index contributed by atoms with van der Waals surface area (Å²) in [7, 11) is 0. The molecular weight excluding hydrogens is 338 g/mol. The van der Waals surface area contributed by atoms with Crippen LogP contribution in [-0.4, -0.2) is 17.8 Å². The molecule has 138 valence electrons. The lowest BCUT2D eigenvalue weighted by molar-refractivity contribution is -0.133. The minimum atomic E-state index is -0.652. The Morgan fingerprint density at radius 3 is 2.63 bits per heavy atom. The van der Waals surface area contributed by atoms with Gasteiger partial charge < -0.3 is 14.4 Å². The summed E-state index contributed by atoms with van der Waals surface area (Å²) in [6.07, 6.45) is 3.51. The maximum atomic E-state index is 13.7. The molecule has 1 aliphatic carbocycles. The molecule has 27 heavy (non-hydrogen) atoms. The number of anilines is 1. The largest absolute Gasteiger partial charge is 0.465 e. The fourth-order valence-electron chi connectivity index (χ4n) is 4.63. The van der Waals surface area contributed by atoms with Gasteiger partial charge in [-0.15, -0.1) is 0 Å². The first kappa shape index (κ1) is 16.6. The van der Waals surface area contributed by atoms with Crippen LogP contribution >= 0.6 is 0 Å². The number of carbonyl (C=O) groups excluding carboxylic acids is 1. The van der Waals surface area contributed by atoms with Crippen molar-refractivity contribution in [1.82, 2.24) is 0 Å². The predicted octanol–water partition coefficient (Wildman–Crippen LogP) is 4.30. The molecule has 3 aliphatic rings. The second-order valence-electron chi connectivity index (χ2n) is 8.06. The minimum absolute atomic E-state index is 0.0474. The number of benzene rings is 2. The smallest absolute Gasteiger partial charge is 0.242 e. The molecule has 2 aromatic carbocycles. The van der Waals surface area contributed by atoms with Crippen LogP contribution in [0, 0.1) is 0 Å². The van der Waals surface area contributed by atoms with Gasteiger partial charge in [0.25, 0.3) is 0 Å². The Labute approximate surface area is 159 Å². The Bertz CT molecular complexity index is 934. The van der Waals surface area contributed by atoms with E-state index in [9.17, 15) is 4.79 Å². The summed E-state index contributed by atoms with van der Waals surface area (Å²) < 4.78 is 12.0. The van der Waals surface area contributed by atoms with E-state index in [1.54, 1.807) is 0 Å². The Morgan fingerprint density at radius 2 is 1.81 bits per heavy atom. The van der Waals surface area contributed by atoms with Crippen molar-refractivity contribution in [2.24, 2.45) is 0 Å². The molecule has 0 bridgehead atoms. The summed E-state index contributed by atoms with van der Waals surface area (Å²) in [6, 6.07) is 18.3. The van der Waals surface area contributed by atoms with E-state index in [1.807, 2.05) is 61.2 Å². The van der Waals surface area contributed by atoms with Crippen molar-refractivity contribution < 1.29 is 14.3 Å². The topological polar surface area (TPSA) is 38.8 Å². The summed E-state index contributed by atoms with van der Waals surface area (Å²) in [5.41, 5.74) is 2.55. The Hall–Kier alpha value is -2.59. The molecule has 0 unspecified atom stereocenters. The Balaban J connectivity index is 1.58. The standard InChI is InChI=1S/C23H23NO3/c1-22(2)26-19-12-13-23(14-20(19)27-22)17-10-6-7-11-18(17)24(21(23)25)15-16-8-4-3-5-9-16/h3-11,14,19H,12-13,15H2,1-2H3/t19-,23-/m1/s1. The van der Waals surface area contributed by atoms with Crippen LogP contribution in [0.5, 0.6) is 0 Å². The van der Waals surface area contributed by atoms with Crippen LogP contribution in [0.2, 0.25) is 0 Å². The molecular formula is C23H23NO3. The molecule has 1 fully saturated rings. The van der Waals surface area contributed by atoms with Crippen LogP contribution in [-0.2, 0) is 26.2 Å². The molecule has 5 rings (SSSR count). The number of nitrogens with zero attached hydrogens (tertiary/aromatic N) is 1. The molecule has 1 amide bonds. The zero-order chi connectivity index (χ0) is 18.6. The van der Waals surface area contributed by atoms with E-state index in [2.05, 4.69) is 18.2 Å². The summed E-state index contributed by atoms with van der Waals surface area (Å²) in [5, 5.41) is 0. The summed E-state index contributed by atoms with van der Waals surface area (Å²) in [6.45, 7) is 4.42. The van der Waals surface area contributed by atoms with Gasteiger partial charge in [0, 0.05) is 19.5 Å². The molecule has 2 aromatic rings. The number of ether oxygens (including phenoxy) is 2. The lowest BCUT2D eigenvalue weighted by Crippen LogP contribution is -2.41. The van der Waals surface area contributed by atoms with E-state index in [4.69, 9.17) is 9.47 Å². The fraction of sp³-hybridized carbons (Fsp3) is 0.348. The number of fused-ring (bicyclic) bond motifs is 3. The van der Waals surface area contributed by atoms with E-state index < -0.39 is 11.2 Å². The second-order valence-corrected chi connectivity index (χ2v) is 8.06. The van der Waals surface area contributed by atoms with Crippen LogP contribution in [0.15, 0.2) is 66.4 Å². The van der Waals surface area contributed by atoms with Gasteiger partial charge in [0.15, 0.2) is 0 Å². The summed E-state index contributed by atoms with van der Waals surface area (Å²) in [5.74, 6) is 0.301. The fourth-order valence-corrected chi connectivity index (χ4v) is 4.63. The van der Waals surface area contributed by atoms with E-state index in [0.29, 0.717) is 6.54 Å². The SMILES string of the molecule is CC1(C)OC2=C[C@@]3(CC[C@H]2O1)C(=O)N(Cc1ccccc1)c1ccccc13. The number of rotatable bonds is 2. The number of carbonyl (C=O) groups is 1. The molecule has 4 nitrogen and oxygen atoms in total. The highest BCUT2D eigenvalue weighted by atomic mass is 16.7. The van der Waals surface area contributed by atoms with Crippen molar-refractivity contribution >= 4 is 11.6 Å². The van der Waals surface area contributed by atoms with Crippen LogP contribution in [0.3, 0.4) is 0 Å². The van der Waals surface area contributed by atoms with Gasteiger partial charge in [-0.3, -0.25) is 4.79 Å². The normalized spacial score (nSPS) is 27.9. The van der Waals surface area contributed by atoms with Crippen LogP contribution in [0.4, 0.5) is 5.69 Å². The number of hydrogen-bond donors (Lipinski definition) is 0. The average molecular weight is 361 g/mol. The van der Waals surface area contributed by atoms with Gasteiger partial charge in [-0.1, -0.05) is 48.5 Å². The molecule has 4 heteroatoms. The maximum Gasteiger partial charge on any atom is 0.242 e. The summed E-state index contributed by atoms with van der Waals surface area (Å²) >= 11 is 0. The monoisotopic (exact) mass is 361 g/mol. The van der Waals surface area contributed by atoms with E-state index >= 15 is 0 Å². The second kappa shape index (κ2) is 5.70. The predicted molar refractivity (Wildman–Crippen MR) is 103 cm³/mol. The molecule has 2 atom stereocenters. The minimum Gasteiger partial charge on any atom is -0.465 e. The van der Waals surface area contributed by atoms with Gasteiger partial charge >= 0.3 is 0 Å². The van der Waals surface area contributed by atoms with Gasteiger partial charge in [0.2, 0.25) is 11.7 Å². The van der Waals surface area contributed by atoms with Gasteiger partial charge in [-0.2, -0.15) is 0 Å². The molecule has 1 spiro atoms. The van der Waals surface area contributed by atoms with Crippen molar-refractivity contribution in [2.45, 2.75) is 50.5 Å². The van der Waals surface area contributed by atoms with Crippen LogP contribution in [0.25, 0.3) is 0 Å². The summed E-state index contributed by atoms with van der Waals surface area (Å²) in [4.78, 5) is 15.6. The molecule has 0 saturated carbocycles. The van der Waals surface area contributed by atoms with E-state index in [-0.39, 0.29) is 12.0 Å². The first-order valence-electron chi connectivity index (χ1n) is 9.54. The molecule has 0 aromatic heterocycles. The van der Waals surface area contributed by atoms with Gasteiger partial charge in [-0.05, 0) is 36.1 Å². The molecule has 0 radical (unpaired) electrons. The van der Waals surface area contributed by atoms with Crippen molar-refractivity contribution in [3.8, 4) is 0 Å². The zero-order valence-corrected chi connectivity index (χ0v) is 15.6. The highest BCUT2D eigenvalue weighted by Gasteiger charge is 2.54. The zero-order valence-electron chi connectivity index (χ0n) is 15.6. The number of amides is 1. The van der Waals surface area contributed by atoms with Crippen molar-refractivity contribution in [3.05, 3.63) is 77.6 Å². The molecule has 2 aliphatic heterocycles. The van der Waals surface area contributed by atoms with Crippen molar-refractivity contribution in [2.75, 3.05) is 4.90 Å². The van der Waals surface area contributed by atoms with Crippen LogP contribution < -0.4 is 4.90 Å². The Kier molecular flexibility index (Phi) is 3.50. The average Bonchev–Trinajstić information content (AvgIpc) is 3.09. The Morgan fingerprint density at radius 1 is 1.07 bits per heavy atom. The van der Waals surface area contributed by atoms with E-state index in [0.717, 1.165) is 35.4 Å². The molecule has 1 saturated heterocycles. The van der Waals surface area contributed by atoms with Crippen molar-refractivity contribution in [3.63, 3.8) is 0 Å². The lowest BCUT2D eigenvalue weighted by Gasteiger charge is -2.31. The molecule has 2 heterocycles. The first-order valence-corrected chi connectivity index (χ1v) is 9.54. The van der Waals surface area contributed by atoms with E-state index in [1.165, 1.54) is 0 Å². The van der Waals surface area contributed by atoms with Crippen molar-refractivity contribution in [1.29, 1.82) is 0 Å². The number of hydrogen-bond acceptors (Lipinski definition) is 3. The third kappa shape index (κ3) is 2.51. The highest BCUT2D eigenvalue weighted by molar-refractivity contribution is 6.09.